The van der Waals surface area contributed by atoms with E-state index in [0.717, 1.165) is 25.8 Å². The van der Waals surface area contributed by atoms with Crippen LogP contribution in [-0.4, -0.2) is 35.1 Å². The van der Waals surface area contributed by atoms with Gasteiger partial charge in [0.25, 0.3) is 0 Å². The number of aliphatic carboxylic acids is 1. The SMILES string of the molecule is CC(CCC(=O)O)NC(=O)C1(C)CCCCN1. The van der Waals surface area contributed by atoms with E-state index in [0.29, 0.717) is 6.42 Å². The Bertz CT molecular complexity index is 285. The highest BCUT2D eigenvalue weighted by Gasteiger charge is 2.34. The van der Waals surface area contributed by atoms with Crippen molar-refractivity contribution in [2.45, 2.75) is 57.5 Å². The minimum absolute atomic E-state index is 0.0184. The second-order valence-corrected chi connectivity index (χ2v) is 5.02. The monoisotopic (exact) mass is 242 g/mol. The van der Waals surface area contributed by atoms with Crippen molar-refractivity contribution >= 4 is 11.9 Å². The summed E-state index contributed by atoms with van der Waals surface area (Å²) in [7, 11) is 0. The van der Waals surface area contributed by atoms with Crippen LogP contribution in [0.5, 0.6) is 0 Å². The van der Waals surface area contributed by atoms with Gasteiger partial charge in [0.15, 0.2) is 0 Å². The lowest BCUT2D eigenvalue weighted by Gasteiger charge is -2.34. The molecule has 17 heavy (non-hydrogen) atoms. The van der Waals surface area contributed by atoms with Crippen LogP contribution in [0.3, 0.4) is 0 Å². The maximum absolute atomic E-state index is 12.1. The Morgan fingerprint density at radius 1 is 1.47 bits per heavy atom. The van der Waals surface area contributed by atoms with Crippen LogP contribution in [0.4, 0.5) is 0 Å². The third-order valence-electron chi connectivity index (χ3n) is 3.29. The molecule has 1 heterocycles. The van der Waals surface area contributed by atoms with Crippen molar-refractivity contribution < 1.29 is 14.7 Å². The Labute approximate surface area is 102 Å². The van der Waals surface area contributed by atoms with Crippen LogP contribution >= 0.6 is 0 Å². The van der Waals surface area contributed by atoms with E-state index in [4.69, 9.17) is 5.11 Å². The van der Waals surface area contributed by atoms with Crippen molar-refractivity contribution in [3.8, 4) is 0 Å². The van der Waals surface area contributed by atoms with E-state index in [-0.39, 0.29) is 18.4 Å². The van der Waals surface area contributed by atoms with Gasteiger partial charge < -0.3 is 15.7 Å². The number of hydrogen-bond donors (Lipinski definition) is 3. The number of carboxylic acids is 1. The molecule has 5 heteroatoms. The van der Waals surface area contributed by atoms with E-state index in [2.05, 4.69) is 10.6 Å². The van der Waals surface area contributed by atoms with Gasteiger partial charge in [-0.3, -0.25) is 9.59 Å². The molecule has 1 rings (SSSR count). The summed E-state index contributed by atoms with van der Waals surface area (Å²) in [5, 5.41) is 14.7. The minimum atomic E-state index is -0.826. The van der Waals surface area contributed by atoms with Gasteiger partial charge >= 0.3 is 5.97 Å². The fourth-order valence-corrected chi connectivity index (χ4v) is 2.05. The molecule has 0 bridgehead atoms. The highest BCUT2D eigenvalue weighted by Crippen LogP contribution is 2.19. The first kappa shape index (κ1) is 14.0. The predicted octanol–water partition coefficient (Wildman–Crippen LogP) is 0.888. The van der Waals surface area contributed by atoms with Gasteiger partial charge in [-0.1, -0.05) is 0 Å². The van der Waals surface area contributed by atoms with Gasteiger partial charge in [-0.15, -0.1) is 0 Å². The summed E-state index contributed by atoms with van der Waals surface area (Å²) >= 11 is 0. The van der Waals surface area contributed by atoms with Crippen LogP contribution in [0.1, 0.15) is 46.0 Å². The fourth-order valence-electron chi connectivity index (χ4n) is 2.05. The van der Waals surface area contributed by atoms with Crippen LogP contribution in [0.15, 0.2) is 0 Å². The number of piperidine rings is 1. The topological polar surface area (TPSA) is 78.4 Å². The Morgan fingerprint density at radius 2 is 2.18 bits per heavy atom. The zero-order valence-corrected chi connectivity index (χ0v) is 10.6. The summed E-state index contributed by atoms with van der Waals surface area (Å²) in [6, 6.07) is -0.0980. The normalized spacial score (nSPS) is 26.2. The van der Waals surface area contributed by atoms with E-state index >= 15 is 0 Å². The molecular weight excluding hydrogens is 220 g/mol. The minimum Gasteiger partial charge on any atom is -0.481 e. The van der Waals surface area contributed by atoms with Crippen molar-refractivity contribution in [3.05, 3.63) is 0 Å². The standard InChI is InChI=1S/C12H22N2O3/c1-9(5-6-10(15)16)14-11(17)12(2)7-3-4-8-13-12/h9,13H,3-8H2,1-2H3,(H,14,17)(H,15,16). The first-order valence-electron chi connectivity index (χ1n) is 6.22. The summed E-state index contributed by atoms with van der Waals surface area (Å²) in [6.45, 7) is 4.62. The number of nitrogens with one attached hydrogen (secondary N) is 2. The molecule has 1 saturated heterocycles. The zero-order chi connectivity index (χ0) is 12.9. The van der Waals surface area contributed by atoms with Gasteiger partial charge in [0.2, 0.25) is 5.91 Å². The molecule has 2 unspecified atom stereocenters. The van der Waals surface area contributed by atoms with Gasteiger partial charge in [0.05, 0.1) is 5.54 Å². The lowest BCUT2D eigenvalue weighted by Crippen LogP contribution is -2.58. The van der Waals surface area contributed by atoms with Crippen molar-refractivity contribution in [3.63, 3.8) is 0 Å². The molecule has 2 atom stereocenters. The molecular formula is C12H22N2O3. The number of carbonyl (C=O) groups is 2. The molecule has 5 nitrogen and oxygen atoms in total. The highest BCUT2D eigenvalue weighted by atomic mass is 16.4. The first-order valence-corrected chi connectivity index (χ1v) is 6.22. The largest absolute Gasteiger partial charge is 0.481 e. The second kappa shape index (κ2) is 6.00. The molecule has 0 aromatic rings. The predicted molar refractivity (Wildman–Crippen MR) is 64.7 cm³/mol. The molecule has 0 radical (unpaired) electrons. The molecule has 0 aromatic carbocycles. The van der Waals surface area contributed by atoms with Crippen molar-refractivity contribution in [2.24, 2.45) is 0 Å². The molecule has 1 amide bonds. The molecule has 0 aromatic heterocycles. The molecule has 0 spiro atoms. The third-order valence-corrected chi connectivity index (χ3v) is 3.29. The first-order chi connectivity index (χ1) is 7.94. The van der Waals surface area contributed by atoms with Crippen molar-refractivity contribution in [1.82, 2.24) is 10.6 Å². The Hall–Kier alpha value is -1.10. The van der Waals surface area contributed by atoms with Crippen LogP contribution < -0.4 is 10.6 Å². The van der Waals surface area contributed by atoms with Gasteiger partial charge in [-0.2, -0.15) is 0 Å². The number of carboxylic acid groups (broad SMARTS) is 1. The summed E-state index contributed by atoms with van der Waals surface area (Å²) < 4.78 is 0. The lowest BCUT2D eigenvalue weighted by molar-refractivity contribution is -0.137. The maximum atomic E-state index is 12.1. The van der Waals surface area contributed by atoms with Gasteiger partial charge in [-0.25, -0.2) is 0 Å². The number of rotatable bonds is 5. The summed E-state index contributed by atoms with van der Waals surface area (Å²) in [4.78, 5) is 22.5. The maximum Gasteiger partial charge on any atom is 0.303 e. The number of amides is 1. The summed E-state index contributed by atoms with van der Waals surface area (Å²) in [5.41, 5.74) is -0.490. The quantitative estimate of drug-likeness (QED) is 0.669. The van der Waals surface area contributed by atoms with Gasteiger partial charge in [0, 0.05) is 12.5 Å². The third kappa shape index (κ3) is 4.34. The average molecular weight is 242 g/mol. The van der Waals surface area contributed by atoms with Crippen molar-refractivity contribution in [1.29, 1.82) is 0 Å². The molecule has 0 aliphatic carbocycles. The number of carbonyl (C=O) groups excluding carboxylic acids is 1. The Morgan fingerprint density at radius 3 is 2.71 bits per heavy atom. The van der Waals surface area contributed by atoms with Crippen molar-refractivity contribution in [2.75, 3.05) is 6.54 Å². The van der Waals surface area contributed by atoms with E-state index in [1.807, 2.05) is 13.8 Å². The molecule has 98 valence electrons. The summed E-state index contributed by atoms with van der Waals surface area (Å²) in [6.07, 6.45) is 3.56. The highest BCUT2D eigenvalue weighted by molar-refractivity contribution is 5.86. The average Bonchev–Trinajstić information content (AvgIpc) is 2.27. The lowest BCUT2D eigenvalue weighted by atomic mass is 9.89. The summed E-state index contributed by atoms with van der Waals surface area (Å²) in [5.74, 6) is -0.844. The van der Waals surface area contributed by atoms with Crippen LogP contribution in [0.2, 0.25) is 0 Å². The molecule has 1 aliphatic rings. The smallest absolute Gasteiger partial charge is 0.303 e. The molecule has 3 N–H and O–H groups in total. The van der Waals surface area contributed by atoms with Gasteiger partial charge in [-0.05, 0) is 46.1 Å². The van der Waals surface area contributed by atoms with Crippen LogP contribution in [0, 0.1) is 0 Å². The zero-order valence-electron chi connectivity index (χ0n) is 10.6. The Balaban J connectivity index is 2.39. The number of hydrogen-bond acceptors (Lipinski definition) is 3. The van der Waals surface area contributed by atoms with Gasteiger partial charge in [0.1, 0.15) is 0 Å². The molecule has 0 saturated carbocycles. The Kier molecular flexibility index (Phi) is 4.93. The van der Waals surface area contributed by atoms with E-state index < -0.39 is 11.5 Å². The molecule has 1 aliphatic heterocycles. The molecule has 1 fully saturated rings. The van der Waals surface area contributed by atoms with E-state index in [1.54, 1.807) is 0 Å². The fraction of sp³-hybridized carbons (Fsp3) is 0.833. The van der Waals surface area contributed by atoms with E-state index in [1.165, 1.54) is 0 Å². The second-order valence-electron chi connectivity index (χ2n) is 5.02. The van der Waals surface area contributed by atoms with E-state index in [9.17, 15) is 9.59 Å². The van der Waals surface area contributed by atoms with Crippen LogP contribution in [0.25, 0.3) is 0 Å². The van der Waals surface area contributed by atoms with Crippen LogP contribution in [-0.2, 0) is 9.59 Å².